The first-order chi connectivity index (χ1) is 9.08. The average molecular weight is 260 g/mol. The molecule has 2 aliphatic rings. The van der Waals surface area contributed by atoms with Crippen LogP contribution in [0.4, 0.5) is 5.95 Å². The summed E-state index contributed by atoms with van der Waals surface area (Å²) in [5.74, 6) is 1.48. The molecule has 1 aromatic rings. The highest BCUT2D eigenvalue weighted by molar-refractivity contribution is 5.41. The first kappa shape index (κ1) is 12.9. The van der Waals surface area contributed by atoms with E-state index in [9.17, 15) is 0 Å². The van der Waals surface area contributed by atoms with Gasteiger partial charge in [-0.3, -0.25) is 0 Å². The maximum atomic E-state index is 4.88. The van der Waals surface area contributed by atoms with Crippen molar-refractivity contribution in [1.82, 2.24) is 15.3 Å². The third-order valence-corrected chi connectivity index (χ3v) is 4.44. The fourth-order valence-corrected chi connectivity index (χ4v) is 3.45. The van der Waals surface area contributed by atoms with Crippen molar-refractivity contribution in [2.45, 2.75) is 44.9 Å². The third kappa shape index (κ3) is 2.34. The van der Waals surface area contributed by atoms with E-state index in [4.69, 9.17) is 4.98 Å². The van der Waals surface area contributed by atoms with Crippen LogP contribution in [0.1, 0.15) is 50.8 Å². The maximum absolute atomic E-state index is 4.88. The molecule has 1 aromatic heterocycles. The van der Waals surface area contributed by atoms with Crippen molar-refractivity contribution in [1.29, 1.82) is 0 Å². The van der Waals surface area contributed by atoms with Gasteiger partial charge >= 0.3 is 0 Å². The van der Waals surface area contributed by atoms with Gasteiger partial charge in [-0.1, -0.05) is 20.8 Å². The second-order valence-electron chi connectivity index (χ2n) is 6.55. The molecule has 1 aliphatic heterocycles. The van der Waals surface area contributed by atoms with Crippen LogP contribution in [0.3, 0.4) is 0 Å². The molecule has 1 aliphatic carbocycles. The number of rotatable bonds is 1. The number of aromatic nitrogens is 2. The van der Waals surface area contributed by atoms with Crippen molar-refractivity contribution in [3.8, 4) is 0 Å². The molecule has 1 fully saturated rings. The van der Waals surface area contributed by atoms with Gasteiger partial charge in [-0.15, -0.1) is 0 Å². The van der Waals surface area contributed by atoms with Crippen LogP contribution in [-0.4, -0.2) is 36.1 Å². The van der Waals surface area contributed by atoms with Gasteiger partial charge in [0, 0.05) is 25.8 Å². The highest BCUT2D eigenvalue weighted by Crippen LogP contribution is 2.44. The highest BCUT2D eigenvalue weighted by Gasteiger charge is 2.36. The molecule has 0 saturated carbocycles. The van der Waals surface area contributed by atoms with Gasteiger partial charge in [0.15, 0.2) is 0 Å². The van der Waals surface area contributed by atoms with E-state index in [2.05, 4.69) is 42.2 Å². The summed E-state index contributed by atoms with van der Waals surface area (Å²) < 4.78 is 0. The molecule has 0 bridgehead atoms. The standard InChI is InChI=1S/C15H24N4/c1-11-9-15(2,3)12-10-17-14(18-13(11)12)19-7-4-5-16-6-8-19/h10-11,16H,4-9H2,1-3H3. The maximum Gasteiger partial charge on any atom is 0.225 e. The second kappa shape index (κ2) is 4.75. The van der Waals surface area contributed by atoms with Crippen molar-refractivity contribution < 1.29 is 0 Å². The number of nitrogens with one attached hydrogen (secondary N) is 1. The van der Waals surface area contributed by atoms with Crippen LogP contribution >= 0.6 is 0 Å². The van der Waals surface area contributed by atoms with Crippen LogP contribution in [0.2, 0.25) is 0 Å². The van der Waals surface area contributed by atoms with Crippen LogP contribution in [0.5, 0.6) is 0 Å². The number of nitrogens with zero attached hydrogens (tertiary/aromatic N) is 3. The normalized spacial score (nSPS) is 26.1. The zero-order valence-corrected chi connectivity index (χ0v) is 12.2. The van der Waals surface area contributed by atoms with E-state index in [0.717, 1.165) is 32.1 Å². The molecule has 0 amide bonds. The fraction of sp³-hybridized carbons (Fsp3) is 0.733. The Kier molecular flexibility index (Phi) is 3.21. The summed E-state index contributed by atoms with van der Waals surface area (Å²) in [6, 6.07) is 0. The highest BCUT2D eigenvalue weighted by atomic mass is 15.3. The molecule has 0 radical (unpaired) electrons. The number of fused-ring (bicyclic) bond motifs is 1. The lowest BCUT2D eigenvalue weighted by molar-refractivity contribution is 0.488. The summed E-state index contributed by atoms with van der Waals surface area (Å²) in [7, 11) is 0. The molecule has 1 N–H and O–H groups in total. The molecule has 2 heterocycles. The predicted octanol–water partition coefficient (Wildman–Crippen LogP) is 2.06. The summed E-state index contributed by atoms with van der Waals surface area (Å²) in [4.78, 5) is 11.8. The van der Waals surface area contributed by atoms with Crippen molar-refractivity contribution in [3.63, 3.8) is 0 Å². The second-order valence-corrected chi connectivity index (χ2v) is 6.55. The topological polar surface area (TPSA) is 41.1 Å². The molecule has 3 rings (SSSR count). The number of hydrogen-bond acceptors (Lipinski definition) is 4. The molecular formula is C15H24N4. The molecule has 19 heavy (non-hydrogen) atoms. The van der Waals surface area contributed by atoms with Gasteiger partial charge in [-0.25, -0.2) is 9.97 Å². The summed E-state index contributed by atoms with van der Waals surface area (Å²) in [6.45, 7) is 11.1. The predicted molar refractivity (Wildman–Crippen MR) is 77.8 cm³/mol. The van der Waals surface area contributed by atoms with E-state index in [1.54, 1.807) is 0 Å². The van der Waals surface area contributed by atoms with Gasteiger partial charge in [0.2, 0.25) is 5.95 Å². The first-order valence-electron chi connectivity index (χ1n) is 7.41. The van der Waals surface area contributed by atoms with Crippen molar-refractivity contribution in [2.75, 3.05) is 31.1 Å². The summed E-state index contributed by atoms with van der Waals surface area (Å²) >= 11 is 0. The van der Waals surface area contributed by atoms with Crippen molar-refractivity contribution in [2.24, 2.45) is 0 Å². The molecular weight excluding hydrogens is 236 g/mol. The van der Waals surface area contributed by atoms with Gasteiger partial charge in [0.1, 0.15) is 0 Å². The lowest BCUT2D eigenvalue weighted by Crippen LogP contribution is -2.29. The number of hydrogen-bond donors (Lipinski definition) is 1. The van der Waals surface area contributed by atoms with Crippen LogP contribution in [-0.2, 0) is 5.41 Å². The van der Waals surface area contributed by atoms with E-state index in [1.165, 1.54) is 24.1 Å². The Morgan fingerprint density at radius 3 is 3.00 bits per heavy atom. The van der Waals surface area contributed by atoms with Gasteiger partial charge < -0.3 is 10.2 Å². The molecule has 1 saturated heterocycles. The average Bonchev–Trinajstić information content (AvgIpc) is 2.60. The number of anilines is 1. The summed E-state index contributed by atoms with van der Waals surface area (Å²) in [5, 5.41) is 3.42. The minimum Gasteiger partial charge on any atom is -0.339 e. The zero-order chi connectivity index (χ0) is 13.5. The molecule has 4 heteroatoms. The third-order valence-electron chi connectivity index (χ3n) is 4.44. The van der Waals surface area contributed by atoms with Crippen LogP contribution < -0.4 is 10.2 Å². The molecule has 0 aromatic carbocycles. The summed E-state index contributed by atoms with van der Waals surface area (Å²) in [5.41, 5.74) is 2.84. The van der Waals surface area contributed by atoms with Crippen LogP contribution in [0.15, 0.2) is 6.20 Å². The van der Waals surface area contributed by atoms with Crippen LogP contribution in [0.25, 0.3) is 0 Å². The quantitative estimate of drug-likeness (QED) is 0.839. The van der Waals surface area contributed by atoms with E-state index >= 15 is 0 Å². The van der Waals surface area contributed by atoms with E-state index in [-0.39, 0.29) is 5.41 Å². The molecule has 0 spiro atoms. The van der Waals surface area contributed by atoms with E-state index < -0.39 is 0 Å². The van der Waals surface area contributed by atoms with Gasteiger partial charge in [-0.05, 0) is 36.3 Å². The molecule has 1 atom stereocenters. The lowest BCUT2D eigenvalue weighted by Gasteiger charge is -2.22. The van der Waals surface area contributed by atoms with Crippen molar-refractivity contribution in [3.05, 3.63) is 17.5 Å². The zero-order valence-electron chi connectivity index (χ0n) is 12.2. The van der Waals surface area contributed by atoms with E-state index in [1.807, 2.05) is 0 Å². The SMILES string of the molecule is CC1CC(C)(C)c2cnc(N3CCCNCC3)nc21. The Bertz CT molecular complexity index is 461. The lowest BCUT2D eigenvalue weighted by atomic mass is 9.87. The minimum absolute atomic E-state index is 0.230. The Morgan fingerprint density at radius 2 is 2.16 bits per heavy atom. The smallest absolute Gasteiger partial charge is 0.225 e. The first-order valence-corrected chi connectivity index (χ1v) is 7.41. The van der Waals surface area contributed by atoms with Crippen LogP contribution in [0, 0.1) is 0 Å². The van der Waals surface area contributed by atoms with Gasteiger partial charge in [-0.2, -0.15) is 0 Å². The Balaban J connectivity index is 1.91. The van der Waals surface area contributed by atoms with Gasteiger partial charge in [0.05, 0.1) is 5.69 Å². The Hall–Kier alpha value is -1.16. The Labute approximate surface area is 115 Å². The fourth-order valence-electron chi connectivity index (χ4n) is 3.45. The molecule has 104 valence electrons. The Morgan fingerprint density at radius 1 is 1.32 bits per heavy atom. The largest absolute Gasteiger partial charge is 0.339 e. The molecule has 1 unspecified atom stereocenters. The van der Waals surface area contributed by atoms with Gasteiger partial charge in [0.25, 0.3) is 0 Å². The van der Waals surface area contributed by atoms with E-state index in [0.29, 0.717) is 5.92 Å². The minimum atomic E-state index is 0.230. The molecule has 4 nitrogen and oxygen atoms in total. The monoisotopic (exact) mass is 260 g/mol. The summed E-state index contributed by atoms with van der Waals surface area (Å²) in [6.07, 6.45) is 4.42. The van der Waals surface area contributed by atoms with Crippen molar-refractivity contribution >= 4 is 5.95 Å².